The molecule has 3 rings (SSSR count). The topological polar surface area (TPSA) is 129 Å². The van der Waals surface area contributed by atoms with Crippen LogP contribution in [0.3, 0.4) is 0 Å². The smallest absolute Gasteiger partial charge is 0.265 e. The van der Waals surface area contributed by atoms with Gasteiger partial charge in [-0.2, -0.15) is 0 Å². The van der Waals surface area contributed by atoms with Crippen molar-refractivity contribution in [3.05, 3.63) is 41.7 Å². The molecule has 2 aromatic rings. The number of rotatable bonds is 6. The molecule has 9 heteroatoms. The second-order valence-electron chi connectivity index (χ2n) is 6.21. The maximum absolute atomic E-state index is 12.0. The normalized spacial score (nSPS) is 16.6. The number of primary amides is 1. The number of nitrogens with two attached hydrogens (primary N) is 1. The summed E-state index contributed by atoms with van der Waals surface area (Å²) in [4.78, 5) is 31.8. The summed E-state index contributed by atoms with van der Waals surface area (Å²) in [6.45, 7) is 1.79. The molecule has 0 atom stereocenters. The fourth-order valence-corrected chi connectivity index (χ4v) is 2.79. The summed E-state index contributed by atoms with van der Waals surface area (Å²) in [5.41, 5.74) is 5.72. The van der Waals surface area contributed by atoms with Gasteiger partial charge in [0, 0.05) is 45.6 Å². The Labute approximate surface area is 138 Å². The predicted molar refractivity (Wildman–Crippen MR) is 85.1 cm³/mol. The Morgan fingerprint density at radius 2 is 2.25 bits per heavy atom. The summed E-state index contributed by atoms with van der Waals surface area (Å²) in [7, 11) is 1.92. The summed E-state index contributed by atoms with van der Waals surface area (Å²) >= 11 is 0. The zero-order valence-electron chi connectivity index (χ0n) is 13.3. The number of hydrogen-bond donors (Lipinski definition) is 4. The van der Waals surface area contributed by atoms with Gasteiger partial charge in [0.25, 0.3) is 11.8 Å². The third-order valence-electron chi connectivity index (χ3n) is 4.13. The molecule has 0 bridgehead atoms. The molecule has 1 aliphatic heterocycles. The molecule has 0 saturated carbocycles. The molecule has 2 aromatic heterocycles. The van der Waals surface area contributed by atoms with E-state index >= 15 is 0 Å². The van der Waals surface area contributed by atoms with Crippen LogP contribution in [0.5, 0.6) is 0 Å². The van der Waals surface area contributed by atoms with Gasteiger partial charge in [-0.25, -0.2) is 4.98 Å². The number of aliphatic hydroxyl groups is 1. The fourth-order valence-electron chi connectivity index (χ4n) is 2.79. The first-order chi connectivity index (χ1) is 11.4. The quantitative estimate of drug-likeness (QED) is 0.529. The zero-order chi connectivity index (χ0) is 17.3. The Hall–Kier alpha value is -2.65. The molecule has 0 aromatic carbocycles. The highest BCUT2D eigenvalue weighted by Crippen LogP contribution is 2.22. The number of imidazole rings is 1. The lowest BCUT2D eigenvalue weighted by molar-refractivity contribution is -0.0980. The summed E-state index contributed by atoms with van der Waals surface area (Å²) < 4.78 is 1.93. The average molecular weight is 332 g/mol. The van der Waals surface area contributed by atoms with Gasteiger partial charge in [-0.05, 0) is 6.07 Å². The van der Waals surface area contributed by atoms with E-state index in [1.807, 2.05) is 11.6 Å². The number of amides is 2. The van der Waals surface area contributed by atoms with Gasteiger partial charge in [-0.15, -0.1) is 0 Å². The first-order valence-corrected chi connectivity index (χ1v) is 7.53. The first kappa shape index (κ1) is 16.2. The van der Waals surface area contributed by atoms with Crippen LogP contribution in [0.25, 0.3) is 0 Å². The molecule has 9 nitrogen and oxygen atoms in total. The van der Waals surface area contributed by atoms with Crippen molar-refractivity contribution in [1.29, 1.82) is 0 Å². The number of aromatic amines is 1. The van der Waals surface area contributed by atoms with Crippen molar-refractivity contribution in [2.45, 2.75) is 12.1 Å². The van der Waals surface area contributed by atoms with E-state index in [0.717, 1.165) is 5.69 Å². The molecule has 2 amide bonds. The first-order valence-electron chi connectivity index (χ1n) is 7.53. The lowest BCUT2D eigenvalue weighted by Crippen LogP contribution is -2.65. The highest BCUT2D eigenvalue weighted by atomic mass is 16.3. The second-order valence-corrected chi connectivity index (χ2v) is 6.21. The number of likely N-dealkylation sites (tertiary alicyclic amines) is 1. The second kappa shape index (κ2) is 6.10. The molecule has 3 heterocycles. The number of nitrogens with zero attached hydrogens (tertiary/aromatic N) is 3. The molecular formula is C15H20N6O3. The van der Waals surface area contributed by atoms with E-state index in [0.29, 0.717) is 25.2 Å². The van der Waals surface area contributed by atoms with Crippen LogP contribution in [-0.2, 0) is 13.6 Å². The molecule has 0 radical (unpaired) electrons. The van der Waals surface area contributed by atoms with Gasteiger partial charge in [-0.3, -0.25) is 14.5 Å². The van der Waals surface area contributed by atoms with E-state index in [4.69, 9.17) is 5.73 Å². The van der Waals surface area contributed by atoms with Gasteiger partial charge in [0.15, 0.2) is 0 Å². The summed E-state index contributed by atoms with van der Waals surface area (Å²) in [5, 5.41) is 13.1. The Morgan fingerprint density at radius 1 is 1.50 bits per heavy atom. The van der Waals surface area contributed by atoms with Crippen LogP contribution in [0.4, 0.5) is 0 Å². The van der Waals surface area contributed by atoms with Crippen molar-refractivity contribution in [2.24, 2.45) is 12.8 Å². The highest BCUT2D eigenvalue weighted by molar-refractivity contribution is 5.98. The molecule has 0 aliphatic carbocycles. The zero-order valence-corrected chi connectivity index (χ0v) is 13.3. The summed E-state index contributed by atoms with van der Waals surface area (Å²) in [5.74, 6) is -0.991. The van der Waals surface area contributed by atoms with Gasteiger partial charge in [0.1, 0.15) is 11.3 Å². The fraction of sp³-hybridized carbons (Fsp3) is 0.400. The number of aryl methyl sites for hydroxylation is 1. The van der Waals surface area contributed by atoms with Gasteiger partial charge in [0.2, 0.25) is 0 Å². The molecule has 1 saturated heterocycles. The van der Waals surface area contributed by atoms with E-state index < -0.39 is 11.5 Å². The Kier molecular flexibility index (Phi) is 4.12. The molecule has 0 spiro atoms. The molecular weight excluding hydrogens is 312 g/mol. The van der Waals surface area contributed by atoms with E-state index in [1.165, 1.54) is 12.3 Å². The number of aromatic nitrogens is 3. The third-order valence-corrected chi connectivity index (χ3v) is 4.13. The number of nitrogens with one attached hydrogen (secondary N) is 2. The molecule has 5 N–H and O–H groups in total. The van der Waals surface area contributed by atoms with Crippen molar-refractivity contribution >= 4 is 11.8 Å². The minimum Gasteiger partial charge on any atom is -0.385 e. The van der Waals surface area contributed by atoms with E-state index in [2.05, 4.69) is 20.2 Å². The van der Waals surface area contributed by atoms with E-state index in [1.54, 1.807) is 12.5 Å². The number of carbonyl (C=O) groups excluding carboxylic acids is 2. The number of H-pyrrole nitrogens is 1. The monoisotopic (exact) mass is 332 g/mol. The summed E-state index contributed by atoms with van der Waals surface area (Å²) in [6.07, 6.45) is 4.94. The maximum Gasteiger partial charge on any atom is 0.265 e. The van der Waals surface area contributed by atoms with Crippen LogP contribution < -0.4 is 11.1 Å². The number of hydrogen-bond acceptors (Lipinski definition) is 5. The van der Waals surface area contributed by atoms with Crippen molar-refractivity contribution in [3.8, 4) is 0 Å². The third kappa shape index (κ3) is 3.31. The number of β-amino-alcohol motifs (C(OH)–C–C–N with tert-alkyl or cyclic N) is 1. The lowest BCUT2D eigenvalue weighted by atomic mass is 9.94. The Bertz CT molecular complexity index is 759. The average Bonchev–Trinajstić information content (AvgIpc) is 3.13. The van der Waals surface area contributed by atoms with Crippen LogP contribution in [0.1, 0.15) is 26.5 Å². The van der Waals surface area contributed by atoms with Crippen molar-refractivity contribution < 1.29 is 14.7 Å². The molecule has 1 aliphatic rings. The van der Waals surface area contributed by atoms with Crippen LogP contribution in [-0.4, -0.2) is 61.6 Å². The molecule has 24 heavy (non-hydrogen) atoms. The standard InChI is InChI=1S/C15H20N6O3/c1-20-9-17-4-11(20)5-21-7-15(24,8-21)6-19-14(23)10-2-12(13(16)22)18-3-10/h2-4,9,18,24H,5-8H2,1H3,(H2,16,22)(H,19,23). The minimum absolute atomic E-state index is 0.144. The molecule has 128 valence electrons. The van der Waals surface area contributed by atoms with Crippen molar-refractivity contribution in [3.63, 3.8) is 0 Å². The Morgan fingerprint density at radius 3 is 2.83 bits per heavy atom. The largest absolute Gasteiger partial charge is 0.385 e. The molecule has 0 unspecified atom stereocenters. The van der Waals surface area contributed by atoms with Crippen LogP contribution in [0.15, 0.2) is 24.8 Å². The lowest BCUT2D eigenvalue weighted by Gasteiger charge is -2.46. The van der Waals surface area contributed by atoms with Crippen LogP contribution in [0.2, 0.25) is 0 Å². The van der Waals surface area contributed by atoms with Crippen molar-refractivity contribution in [1.82, 2.24) is 24.8 Å². The van der Waals surface area contributed by atoms with Crippen LogP contribution in [0, 0.1) is 0 Å². The van der Waals surface area contributed by atoms with Gasteiger partial charge in [-0.1, -0.05) is 0 Å². The van der Waals surface area contributed by atoms with Crippen LogP contribution >= 0.6 is 0 Å². The predicted octanol–water partition coefficient (Wildman–Crippen LogP) is -1.18. The Balaban J connectivity index is 1.47. The van der Waals surface area contributed by atoms with Gasteiger partial charge < -0.3 is 25.7 Å². The van der Waals surface area contributed by atoms with Gasteiger partial charge in [0.05, 0.1) is 17.6 Å². The molecule has 1 fully saturated rings. The maximum atomic E-state index is 12.0. The van der Waals surface area contributed by atoms with E-state index in [9.17, 15) is 14.7 Å². The van der Waals surface area contributed by atoms with Crippen molar-refractivity contribution in [2.75, 3.05) is 19.6 Å². The van der Waals surface area contributed by atoms with Gasteiger partial charge >= 0.3 is 0 Å². The number of carbonyl (C=O) groups is 2. The highest BCUT2D eigenvalue weighted by Gasteiger charge is 2.41. The minimum atomic E-state index is -0.947. The van der Waals surface area contributed by atoms with E-state index in [-0.39, 0.29) is 18.1 Å². The summed E-state index contributed by atoms with van der Waals surface area (Å²) in [6, 6.07) is 1.39. The SMILES string of the molecule is Cn1cncc1CN1CC(O)(CNC(=O)c2c[nH]c(C(N)=O)c2)C1.